The van der Waals surface area contributed by atoms with Gasteiger partial charge in [0.15, 0.2) is 0 Å². The summed E-state index contributed by atoms with van der Waals surface area (Å²) in [5.74, 6) is -0.0635. The maximum Gasteiger partial charge on any atom is 0.228 e. The van der Waals surface area contributed by atoms with Crippen molar-refractivity contribution >= 4 is 15.9 Å². The minimum atomic E-state index is -3.27. The van der Waals surface area contributed by atoms with E-state index in [-0.39, 0.29) is 17.6 Å². The van der Waals surface area contributed by atoms with Crippen molar-refractivity contribution in [1.29, 1.82) is 0 Å². The van der Waals surface area contributed by atoms with Gasteiger partial charge in [-0.2, -0.15) is 0 Å². The van der Waals surface area contributed by atoms with Gasteiger partial charge in [0.25, 0.3) is 0 Å². The van der Waals surface area contributed by atoms with Gasteiger partial charge in [-0.1, -0.05) is 48.5 Å². The van der Waals surface area contributed by atoms with Crippen LogP contribution in [0.4, 0.5) is 0 Å². The van der Waals surface area contributed by atoms with E-state index in [0.29, 0.717) is 12.1 Å². The summed E-state index contributed by atoms with van der Waals surface area (Å²) in [4.78, 5) is 12.3. The zero-order chi connectivity index (χ0) is 17.2. The minimum Gasteiger partial charge on any atom is -0.351 e. The van der Waals surface area contributed by atoms with Gasteiger partial charge in [0.05, 0.1) is 11.7 Å². The van der Waals surface area contributed by atoms with E-state index in [1.807, 2.05) is 30.3 Å². The molecule has 0 bridgehead atoms. The van der Waals surface area contributed by atoms with Crippen LogP contribution in [0.2, 0.25) is 0 Å². The Kier molecular flexibility index (Phi) is 4.69. The van der Waals surface area contributed by atoms with E-state index in [9.17, 15) is 13.2 Å². The van der Waals surface area contributed by atoms with Crippen molar-refractivity contribution in [3.63, 3.8) is 0 Å². The summed E-state index contributed by atoms with van der Waals surface area (Å²) in [7, 11) is -1.87. The summed E-state index contributed by atoms with van der Waals surface area (Å²) >= 11 is 0. The molecule has 126 valence electrons. The highest BCUT2D eigenvalue weighted by Gasteiger charge is 2.31. The molecule has 0 spiro atoms. The van der Waals surface area contributed by atoms with Gasteiger partial charge in [-0.15, -0.1) is 0 Å². The highest BCUT2D eigenvalue weighted by molar-refractivity contribution is 7.88. The van der Waals surface area contributed by atoms with Gasteiger partial charge >= 0.3 is 0 Å². The first-order valence-corrected chi connectivity index (χ1v) is 9.48. The SMILES string of the molecule is CNS(=O)(=O)Cc1ccc(CNC(=O)[C@H]2Cc3ccccc32)cc1. The Labute approximate surface area is 142 Å². The predicted octanol–water partition coefficient (Wildman–Crippen LogP) is 1.69. The van der Waals surface area contributed by atoms with Crippen LogP contribution in [-0.2, 0) is 33.5 Å². The third-order valence-corrected chi connectivity index (χ3v) is 5.66. The molecule has 24 heavy (non-hydrogen) atoms. The average molecular weight is 344 g/mol. The van der Waals surface area contributed by atoms with Crippen LogP contribution < -0.4 is 10.0 Å². The van der Waals surface area contributed by atoms with E-state index in [1.54, 1.807) is 12.1 Å². The number of benzene rings is 2. The Morgan fingerprint density at radius 2 is 1.75 bits per heavy atom. The molecule has 5 nitrogen and oxygen atoms in total. The number of rotatable bonds is 6. The molecule has 0 unspecified atom stereocenters. The molecular weight excluding hydrogens is 324 g/mol. The lowest BCUT2D eigenvalue weighted by molar-refractivity contribution is -0.123. The molecule has 1 aliphatic rings. The molecule has 0 saturated carbocycles. The smallest absolute Gasteiger partial charge is 0.228 e. The largest absolute Gasteiger partial charge is 0.351 e. The lowest BCUT2D eigenvalue weighted by atomic mass is 9.77. The van der Waals surface area contributed by atoms with E-state index in [4.69, 9.17) is 0 Å². The number of hydrogen-bond donors (Lipinski definition) is 2. The van der Waals surface area contributed by atoms with E-state index < -0.39 is 10.0 Å². The monoisotopic (exact) mass is 344 g/mol. The number of carbonyl (C=O) groups excluding carboxylic acids is 1. The van der Waals surface area contributed by atoms with Crippen molar-refractivity contribution in [1.82, 2.24) is 10.0 Å². The number of hydrogen-bond acceptors (Lipinski definition) is 3. The standard InChI is InChI=1S/C18H20N2O3S/c1-19-24(22,23)12-14-8-6-13(7-9-14)11-20-18(21)17-10-15-4-2-3-5-16(15)17/h2-9,17,19H,10-12H2,1H3,(H,20,21)/t17-/m0/s1. The molecule has 1 aliphatic carbocycles. The molecular formula is C18H20N2O3S. The summed E-state index contributed by atoms with van der Waals surface area (Å²) in [6.07, 6.45) is 0.794. The second kappa shape index (κ2) is 6.75. The predicted molar refractivity (Wildman–Crippen MR) is 92.9 cm³/mol. The maximum absolute atomic E-state index is 12.3. The number of amides is 1. The molecule has 2 aromatic rings. The van der Waals surface area contributed by atoms with Crippen molar-refractivity contribution in [2.75, 3.05) is 7.05 Å². The Hall–Kier alpha value is -2.18. The van der Waals surface area contributed by atoms with E-state index in [2.05, 4.69) is 16.1 Å². The van der Waals surface area contributed by atoms with E-state index >= 15 is 0 Å². The Balaban J connectivity index is 1.55. The number of sulfonamides is 1. The Morgan fingerprint density at radius 1 is 1.08 bits per heavy atom. The van der Waals surface area contributed by atoms with Crippen molar-refractivity contribution in [2.24, 2.45) is 0 Å². The molecule has 0 aliphatic heterocycles. The second-order valence-corrected chi connectivity index (χ2v) is 7.88. The van der Waals surface area contributed by atoms with E-state index in [1.165, 1.54) is 12.6 Å². The van der Waals surface area contributed by atoms with Crippen LogP contribution in [-0.4, -0.2) is 21.4 Å². The van der Waals surface area contributed by atoms with Gasteiger partial charge in [0.1, 0.15) is 0 Å². The molecule has 0 fully saturated rings. The lowest BCUT2D eigenvalue weighted by Gasteiger charge is -2.28. The normalized spacial score (nSPS) is 16.1. The third-order valence-electron chi connectivity index (χ3n) is 4.33. The zero-order valence-corrected chi connectivity index (χ0v) is 14.3. The molecule has 0 saturated heterocycles. The molecule has 1 atom stereocenters. The van der Waals surface area contributed by atoms with E-state index in [0.717, 1.165) is 17.5 Å². The lowest BCUT2D eigenvalue weighted by Crippen LogP contribution is -2.35. The Bertz CT molecular complexity index is 845. The maximum atomic E-state index is 12.3. The fourth-order valence-electron chi connectivity index (χ4n) is 2.85. The van der Waals surface area contributed by atoms with Gasteiger partial charge in [0.2, 0.25) is 15.9 Å². The first-order chi connectivity index (χ1) is 11.5. The van der Waals surface area contributed by atoms with Crippen LogP contribution in [0.3, 0.4) is 0 Å². The third kappa shape index (κ3) is 3.66. The van der Waals surface area contributed by atoms with Crippen molar-refractivity contribution in [3.8, 4) is 0 Å². The average Bonchev–Trinajstić information content (AvgIpc) is 2.55. The van der Waals surface area contributed by atoms with Gasteiger partial charge < -0.3 is 5.32 Å². The molecule has 0 heterocycles. The fourth-order valence-corrected chi connectivity index (χ4v) is 3.63. The molecule has 2 aromatic carbocycles. The van der Waals surface area contributed by atoms with Gasteiger partial charge in [0, 0.05) is 6.54 Å². The molecule has 3 rings (SSSR count). The molecule has 1 amide bonds. The number of carbonyl (C=O) groups is 1. The molecule has 2 N–H and O–H groups in total. The number of fused-ring (bicyclic) bond motifs is 1. The van der Waals surface area contributed by atoms with Crippen LogP contribution in [0.1, 0.15) is 28.2 Å². The van der Waals surface area contributed by atoms with Crippen LogP contribution in [0.15, 0.2) is 48.5 Å². The van der Waals surface area contributed by atoms with Crippen LogP contribution >= 0.6 is 0 Å². The van der Waals surface area contributed by atoms with Crippen LogP contribution in [0.5, 0.6) is 0 Å². The highest BCUT2D eigenvalue weighted by atomic mass is 32.2. The quantitative estimate of drug-likeness (QED) is 0.837. The first-order valence-electron chi connectivity index (χ1n) is 7.83. The van der Waals surface area contributed by atoms with Crippen LogP contribution in [0, 0.1) is 0 Å². The summed E-state index contributed by atoms with van der Waals surface area (Å²) in [5.41, 5.74) is 4.02. The first kappa shape index (κ1) is 16.7. The minimum absolute atomic E-state index is 0.0375. The van der Waals surface area contributed by atoms with Gasteiger partial charge in [-0.05, 0) is 35.7 Å². The molecule has 0 aromatic heterocycles. The van der Waals surface area contributed by atoms with Gasteiger partial charge in [-0.3, -0.25) is 4.79 Å². The Morgan fingerprint density at radius 3 is 2.42 bits per heavy atom. The topological polar surface area (TPSA) is 75.3 Å². The second-order valence-electron chi connectivity index (χ2n) is 5.95. The summed E-state index contributed by atoms with van der Waals surface area (Å²) < 4.78 is 25.3. The summed E-state index contributed by atoms with van der Waals surface area (Å²) in [6.45, 7) is 0.441. The van der Waals surface area contributed by atoms with Crippen molar-refractivity contribution in [2.45, 2.75) is 24.6 Å². The zero-order valence-electron chi connectivity index (χ0n) is 13.5. The molecule has 6 heteroatoms. The highest BCUT2D eigenvalue weighted by Crippen LogP contribution is 2.34. The van der Waals surface area contributed by atoms with Crippen molar-refractivity contribution < 1.29 is 13.2 Å². The summed E-state index contributed by atoms with van der Waals surface area (Å²) in [5, 5.41) is 2.95. The van der Waals surface area contributed by atoms with Crippen LogP contribution in [0.25, 0.3) is 0 Å². The van der Waals surface area contributed by atoms with Crippen molar-refractivity contribution in [3.05, 3.63) is 70.8 Å². The summed E-state index contributed by atoms with van der Waals surface area (Å²) in [6, 6.07) is 15.2. The van der Waals surface area contributed by atoms with Gasteiger partial charge in [-0.25, -0.2) is 13.1 Å². The molecule has 0 radical (unpaired) electrons. The fraction of sp³-hybridized carbons (Fsp3) is 0.278. The number of nitrogens with one attached hydrogen (secondary N) is 2.